The van der Waals surface area contributed by atoms with Crippen LogP contribution in [0.1, 0.15) is 125 Å². The molecule has 11 atom stereocenters. The monoisotopic (exact) mass is 641 g/mol. The highest BCUT2D eigenvalue weighted by Gasteiger charge is 2.62. The standard InChI is InChI=1S/C35H67N3O5S/c1-24(2)32(43-44(40,41)42)13-10-25(3)28-11-12-29-33-30(15-17-35(28,29)5)34(4)16-14-27(22-26(34)23-31(33)39)38-21-9-8-20-37-19-7-6-18-36/h24-33,37-39H,6-23,36H2,1-5H3,(H,40,41,42)/t25-,26?,27-,28?,29?,30?,31-,32+,33?,34-,35+/m0/s1. The molecule has 5 unspecified atom stereocenters. The van der Waals surface area contributed by atoms with E-state index in [1.165, 1.54) is 64.2 Å². The molecular weight excluding hydrogens is 574 g/mol. The third-order valence-corrected chi connectivity index (χ3v) is 13.9. The molecule has 0 aromatic heterocycles. The molecule has 8 nitrogen and oxygen atoms in total. The Morgan fingerprint density at radius 1 is 0.886 bits per heavy atom. The maximum atomic E-state index is 11.8. The molecule has 6 N–H and O–H groups in total. The second-order valence-electron chi connectivity index (χ2n) is 16.3. The van der Waals surface area contributed by atoms with Gasteiger partial charge in [0.05, 0.1) is 12.2 Å². The number of rotatable bonds is 17. The van der Waals surface area contributed by atoms with Crippen LogP contribution in [0.5, 0.6) is 0 Å². The topological polar surface area (TPSA) is 134 Å². The van der Waals surface area contributed by atoms with Crippen LogP contribution in [0.25, 0.3) is 0 Å². The highest BCUT2D eigenvalue weighted by molar-refractivity contribution is 7.80. The van der Waals surface area contributed by atoms with Crippen molar-refractivity contribution in [3.05, 3.63) is 0 Å². The van der Waals surface area contributed by atoms with Crippen LogP contribution in [0.2, 0.25) is 0 Å². The van der Waals surface area contributed by atoms with E-state index in [0.29, 0.717) is 53.4 Å². The summed E-state index contributed by atoms with van der Waals surface area (Å²) in [6.07, 6.45) is 15.1. The lowest BCUT2D eigenvalue weighted by atomic mass is 9.43. The molecule has 0 radical (unpaired) electrons. The number of unbranched alkanes of at least 4 members (excludes halogenated alkanes) is 2. The van der Waals surface area contributed by atoms with Gasteiger partial charge in [-0.3, -0.25) is 4.55 Å². The molecule has 0 saturated heterocycles. The highest BCUT2D eigenvalue weighted by Crippen LogP contribution is 2.68. The number of aliphatic hydroxyl groups is 1. The number of hydrogen-bond donors (Lipinski definition) is 5. The fourth-order valence-corrected chi connectivity index (χ4v) is 11.5. The Morgan fingerprint density at radius 3 is 2.23 bits per heavy atom. The number of hydrogen-bond acceptors (Lipinski definition) is 7. The van der Waals surface area contributed by atoms with Gasteiger partial charge in [0.15, 0.2) is 0 Å². The number of fused-ring (bicyclic) bond motifs is 5. The summed E-state index contributed by atoms with van der Waals surface area (Å²) in [4.78, 5) is 0. The summed E-state index contributed by atoms with van der Waals surface area (Å²) < 4.78 is 37.1. The average Bonchev–Trinajstić information content (AvgIpc) is 3.31. The number of nitrogens with two attached hydrogens (primary N) is 1. The third-order valence-electron chi connectivity index (χ3n) is 13.4. The quantitative estimate of drug-likeness (QED) is 0.0973. The zero-order valence-electron chi connectivity index (χ0n) is 28.6. The van der Waals surface area contributed by atoms with Crippen LogP contribution in [0.4, 0.5) is 0 Å². The van der Waals surface area contributed by atoms with Crippen LogP contribution in [0, 0.1) is 52.3 Å². The molecule has 0 bridgehead atoms. The normalized spacial score (nSPS) is 38.6. The van der Waals surface area contributed by atoms with Crippen molar-refractivity contribution in [1.29, 1.82) is 0 Å². The Hall–Kier alpha value is -0.290. The first-order valence-corrected chi connectivity index (χ1v) is 19.6. The summed E-state index contributed by atoms with van der Waals surface area (Å²) in [5.74, 6) is 3.23. The summed E-state index contributed by atoms with van der Waals surface area (Å²) in [7, 11) is -4.45. The van der Waals surface area contributed by atoms with Gasteiger partial charge in [0.25, 0.3) is 0 Å². The summed E-state index contributed by atoms with van der Waals surface area (Å²) in [6.45, 7) is 15.4. The van der Waals surface area contributed by atoms with Crippen LogP contribution >= 0.6 is 0 Å². The zero-order valence-corrected chi connectivity index (χ0v) is 29.4. The Labute approximate surface area is 269 Å². The van der Waals surface area contributed by atoms with E-state index in [2.05, 4.69) is 31.4 Å². The Bertz CT molecular complexity index is 997. The molecule has 0 heterocycles. The molecule has 4 saturated carbocycles. The number of aliphatic hydroxyl groups excluding tert-OH is 1. The minimum Gasteiger partial charge on any atom is -0.393 e. The molecule has 9 heteroatoms. The molecule has 4 rings (SSSR count). The van der Waals surface area contributed by atoms with Crippen molar-refractivity contribution < 1.29 is 22.3 Å². The summed E-state index contributed by atoms with van der Waals surface area (Å²) in [5.41, 5.74) is 6.13. The molecule has 0 amide bonds. The van der Waals surface area contributed by atoms with E-state index in [4.69, 9.17) is 9.92 Å². The fraction of sp³-hybridized carbons (Fsp3) is 1.00. The molecule has 0 spiro atoms. The van der Waals surface area contributed by atoms with Crippen molar-refractivity contribution in [2.45, 2.75) is 143 Å². The Balaban J connectivity index is 1.29. The molecule has 4 aliphatic carbocycles. The van der Waals surface area contributed by atoms with E-state index < -0.39 is 16.5 Å². The minimum atomic E-state index is -4.45. The lowest BCUT2D eigenvalue weighted by Crippen LogP contribution is -2.59. The lowest BCUT2D eigenvalue weighted by molar-refractivity contribution is -0.167. The summed E-state index contributed by atoms with van der Waals surface area (Å²) >= 11 is 0. The van der Waals surface area contributed by atoms with E-state index in [-0.39, 0.29) is 17.4 Å². The average molecular weight is 642 g/mol. The van der Waals surface area contributed by atoms with E-state index in [9.17, 15) is 18.1 Å². The van der Waals surface area contributed by atoms with Crippen molar-refractivity contribution in [2.75, 3.05) is 26.2 Å². The van der Waals surface area contributed by atoms with Crippen molar-refractivity contribution in [2.24, 2.45) is 58.0 Å². The van der Waals surface area contributed by atoms with Crippen LogP contribution < -0.4 is 16.4 Å². The van der Waals surface area contributed by atoms with E-state index in [1.807, 2.05) is 13.8 Å². The third kappa shape index (κ3) is 8.59. The van der Waals surface area contributed by atoms with Gasteiger partial charge in [-0.1, -0.05) is 34.6 Å². The smallest absolute Gasteiger partial charge is 0.393 e. The molecule has 4 aliphatic rings. The largest absolute Gasteiger partial charge is 0.397 e. The van der Waals surface area contributed by atoms with Gasteiger partial charge in [0, 0.05) is 6.04 Å². The van der Waals surface area contributed by atoms with Gasteiger partial charge in [-0.25, -0.2) is 4.18 Å². The van der Waals surface area contributed by atoms with Crippen molar-refractivity contribution in [3.63, 3.8) is 0 Å². The second-order valence-corrected chi connectivity index (χ2v) is 17.3. The van der Waals surface area contributed by atoms with Gasteiger partial charge in [-0.15, -0.1) is 0 Å². The molecule has 4 fully saturated rings. The second kappa shape index (κ2) is 15.7. The summed E-state index contributed by atoms with van der Waals surface area (Å²) in [6, 6.07) is 0.583. The highest BCUT2D eigenvalue weighted by atomic mass is 32.3. The molecule has 0 aliphatic heterocycles. The fourth-order valence-electron chi connectivity index (χ4n) is 10.9. The first-order valence-electron chi connectivity index (χ1n) is 18.3. The zero-order chi connectivity index (χ0) is 32.1. The number of nitrogens with one attached hydrogen (secondary N) is 2. The van der Waals surface area contributed by atoms with Gasteiger partial charge in [-0.2, -0.15) is 8.42 Å². The molecule has 0 aromatic carbocycles. The van der Waals surface area contributed by atoms with E-state index >= 15 is 0 Å². The molecule has 258 valence electrons. The van der Waals surface area contributed by atoms with Crippen LogP contribution in [0.3, 0.4) is 0 Å². The van der Waals surface area contributed by atoms with Gasteiger partial charge >= 0.3 is 10.4 Å². The van der Waals surface area contributed by atoms with Gasteiger partial charge in [0.2, 0.25) is 0 Å². The minimum absolute atomic E-state index is 0.0155. The predicted octanol–water partition coefficient (Wildman–Crippen LogP) is 5.94. The van der Waals surface area contributed by atoms with E-state index in [0.717, 1.165) is 45.4 Å². The predicted molar refractivity (Wildman–Crippen MR) is 178 cm³/mol. The first kappa shape index (κ1) is 36.5. The molecular formula is C35H67N3O5S. The van der Waals surface area contributed by atoms with Crippen molar-refractivity contribution >= 4 is 10.4 Å². The first-order chi connectivity index (χ1) is 20.8. The van der Waals surface area contributed by atoms with Gasteiger partial charge < -0.3 is 21.5 Å². The maximum absolute atomic E-state index is 11.8. The lowest BCUT2D eigenvalue weighted by Gasteiger charge is -2.62. The van der Waals surface area contributed by atoms with Crippen molar-refractivity contribution in [1.82, 2.24) is 10.6 Å². The van der Waals surface area contributed by atoms with Crippen molar-refractivity contribution in [3.8, 4) is 0 Å². The summed E-state index contributed by atoms with van der Waals surface area (Å²) in [5, 5.41) is 19.2. The van der Waals surface area contributed by atoms with E-state index in [1.54, 1.807) is 0 Å². The van der Waals surface area contributed by atoms with Gasteiger partial charge in [0.1, 0.15) is 0 Å². The maximum Gasteiger partial charge on any atom is 0.397 e. The molecule has 0 aromatic rings. The van der Waals surface area contributed by atoms with Crippen LogP contribution in [-0.4, -0.2) is 62.5 Å². The molecule has 44 heavy (non-hydrogen) atoms. The van der Waals surface area contributed by atoms with Crippen LogP contribution in [0.15, 0.2) is 0 Å². The SMILES string of the molecule is CC(C)[C@@H](CC[C@H](C)C1CCC2C3C(CC[C@@]21C)[C@@]1(C)CC[C@H](NCCCCNCCCCN)CC1C[C@@H]3O)OS(=O)(=O)O. The van der Waals surface area contributed by atoms with Gasteiger partial charge in [-0.05, 0) is 168 Å². The Kier molecular flexibility index (Phi) is 13.1. The Morgan fingerprint density at radius 2 is 1.55 bits per heavy atom. The van der Waals surface area contributed by atoms with Crippen LogP contribution in [-0.2, 0) is 14.6 Å².